The summed E-state index contributed by atoms with van der Waals surface area (Å²) in [7, 11) is -3.78. The lowest BCUT2D eigenvalue weighted by Crippen LogP contribution is -2.34. The van der Waals surface area contributed by atoms with E-state index in [9.17, 15) is 12.8 Å². The van der Waals surface area contributed by atoms with Gasteiger partial charge < -0.3 is 0 Å². The maximum absolute atomic E-state index is 13.8. The highest BCUT2D eigenvalue weighted by molar-refractivity contribution is 9.10. The second kappa shape index (κ2) is 7.71. The van der Waals surface area contributed by atoms with Crippen LogP contribution in [0.1, 0.15) is 19.8 Å². The van der Waals surface area contributed by atoms with Gasteiger partial charge in [0.05, 0.1) is 0 Å². The van der Waals surface area contributed by atoms with Crippen LogP contribution in [0.5, 0.6) is 0 Å². The van der Waals surface area contributed by atoms with Crippen LogP contribution >= 0.6 is 31.9 Å². The second-order valence-electron chi connectivity index (χ2n) is 4.02. The summed E-state index contributed by atoms with van der Waals surface area (Å²) < 4.78 is 40.5. The zero-order valence-electron chi connectivity index (χ0n) is 10.6. The maximum atomic E-state index is 13.8. The minimum atomic E-state index is -3.78. The molecular formula is C12H16Br2FNO2S. The molecule has 0 unspecified atom stereocenters. The minimum absolute atomic E-state index is 0.271. The molecule has 0 aromatic heterocycles. The summed E-state index contributed by atoms with van der Waals surface area (Å²) in [4.78, 5) is -0.271. The van der Waals surface area contributed by atoms with Gasteiger partial charge in [-0.3, -0.25) is 0 Å². The lowest BCUT2D eigenvalue weighted by Gasteiger charge is -2.21. The average Bonchev–Trinajstić information content (AvgIpc) is 2.33. The van der Waals surface area contributed by atoms with E-state index < -0.39 is 15.8 Å². The third kappa shape index (κ3) is 4.51. The van der Waals surface area contributed by atoms with Crippen molar-refractivity contribution in [2.75, 3.05) is 18.4 Å². The molecule has 0 saturated heterocycles. The Labute approximate surface area is 130 Å². The number of halogens is 3. The highest BCUT2D eigenvalue weighted by atomic mass is 79.9. The van der Waals surface area contributed by atoms with E-state index in [1.54, 1.807) is 0 Å². The summed E-state index contributed by atoms with van der Waals surface area (Å²) in [5.74, 6) is -0.731. The van der Waals surface area contributed by atoms with Crippen molar-refractivity contribution >= 4 is 41.9 Å². The summed E-state index contributed by atoms with van der Waals surface area (Å²) in [5, 5.41) is 0.522. The molecular weight excluding hydrogens is 401 g/mol. The van der Waals surface area contributed by atoms with E-state index in [2.05, 4.69) is 31.9 Å². The topological polar surface area (TPSA) is 37.4 Å². The van der Waals surface area contributed by atoms with Crippen LogP contribution in [0.4, 0.5) is 4.39 Å². The molecule has 1 aromatic rings. The molecule has 7 heteroatoms. The summed E-state index contributed by atoms with van der Waals surface area (Å²) >= 11 is 6.35. The van der Waals surface area contributed by atoms with Gasteiger partial charge in [-0.1, -0.05) is 45.2 Å². The van der Waals surface area contributed by atoms with Crippen LogP contribution in [-0.4, -0.2) is 31.1 Å². The number of alkyl halides is 1. The molecule has 0 spiro atoms. The third-order valence-electron chi connectivity index (χ3n) is 2.61. The van der Waals surface area contributed by atoms with E-state index in [-0.39, 0.29) is 4.90 Å². The van der Waals surface area contributed by atoms with Crippen LogP contribution in [0.2, 0.25) is 0 Å². The third-order valence-corrected chi connectivity index (χ3v) is 5.39. The SMILES string of the molecule is CCCCN(CCBr)S(=O)(=O)c1ccc(Br)cc1F. The quantitative estimate of drug-likeness (QED) is 0.634. The number of unbranched alkanes of at least 4 members (excludes halogenated alkanes) is 1. The predicted molar refractivity (Wildman–Crippen MR) is 81.6 cm³/mol. The molecule has 0 atom stereocenters. The molecule has 19 heavy (non-hydrogen) atoms. The van der Waals surface area contributed by atoms with Crippen LogP contribution in [0, 0.1) is 5.82 Å². The molecule has 1 aromatic carbocycles. The fraction of sp³-hybridized carbons (Fsp3) is 0.500. The van der Waals surface area contributed by atoms with Crippen molar-refractivity contribution in [1.82, 2.24) is 4.31 Å². The predicted octanol–water partition coefficient (Wildman–Crippen LogP) is 3.77. The summed E-state index contributed by atoms with van der Waals surface area (Å²) in [6, 6.07) is 3.99. The molecule has 0 bridgehead atoms. The standard InChI is InChI=1S/C12H16Br2FNO2S/c1-2-3-7-16(8-6-13)19(17,18)12-5-4-10(14)9-11(12)15/h4-5,9H,2-3,6-8H2,1H3. The van der Waals surface area contributed by atoms with E-state index in [4.69, 9.17) is 0 Å². The fourth-order valence-electron chi connectivity index (χ4n) is 1.60. The Morgan fingerprint density at radius 2 is 2.00 bits per heavy atom. The maximum Gasteiger partial charge on any atom is 0.246 e. The van der Waals surface area contributed by atoms with Gasteiger partial charge in [0, 0.05) is 22.9 Å². The van der Waals surface area contributed by atoms with Crippen LogP contribution in [0.3, 0.4) is 0 Å². The normalized spacial score (nSPS) is 12.1. The van der Waals surface area contributed by atoms with Gasteiger partial charge in [-0.2, -0.15) is 4.31 Å². The minimum Gasteiger partial charge on any atom is -0.207 e. The molecule has 1 rings (SSSR count). The Morgan fingerprint density at radius 3 is 2.53 bits per heavy atom. The average molecular weight is 417 g/mol. The molecule has 0 heterocycles. The van der Waals surface area contributed by atoms with Gasteiger partial charge >= 0.3 is 0 Å². The van der Waals surface area contributed by atoms with Gasteiger partial charge in [0.1, 0.15) is 10.7 Å². The molecule has 3 nitrogen and oxygen atoms in total. The first-order valence-electron chi connectivity index (χ1n) is 5.94. The van der Waals surface area contributed by atoms with E-state index in [0.717, 1.165) is 12.8 Å². The summed E-state index contributed by atoms with van der Waals surface area (Å²) in [6.45, 7) is 2.72. The van der Waals surface area contributed by atoms with E-state index >= 15 is 0 Å². The second-order valence-corrected chi connectivity index (χ2v) is 7.64. The zero-order chi connectivity index (χ0) is 14.5. The lowest BCUT2D eigenvalue weighted by atomic mass is 10.3. The fourth-order valence-corrected chi connectivity index (χ4v) is 4.13. The summed E-state index contributed by atoms with van der Waals surface area (Å²) in [5.41, 5.74) is 0. The smallest absolute Gasteiger partial charge is 0.207 e. The molecule has 0 aliphatic carbocycles. The number of sulfonamides is 1. The molecule has 0 aliphatic rings. The van der Waals surface area contributed by atoms with Crippen molar-refractivity contribution in [2.24, 2.45) is 0 Å². The van der Waals surface area contributed by atoms with Crippen LogP contribution in [-0.2, 0) is 10.0 Å². The Morgan fingerprint density at radius 1 is 1.32 bits per heavy atom. The van der Waals surface area contributed by atoms with Crippen molar-refractivity contribution in [3.63, 3.8) is 0 Å². The molecule has 0 fully saturated rings. The Bertz CT molecular complexity index is 522. The first-order valence-corrected chi connectivity index (χ1v) is 9.30. The highest BCUT2D eigenvalue weighted by Crippen LogP contribution is 2.23. The monoisotopic (exact) mass is 415 g/mol. The first-order chi connectivity index (χ1) is 8.93. The largest absolute Gasteiger partial charge is 0.246 e. The van der Waals surface area contributed by atoms with Gasteiger partial charge in [-0.05, 0) is 24.6 Å². The molecule has 0 N–H and O–H groups in total. The lowest BCUT2D eigenvalue weighted by molar-refractivity contribution is 0.418. The number of hydrogen-bond acceptors (Lipinski definition) is 2. The number of nitrogens with zero attached hydrogens (tertiary/aromatic N) is 1. The van der Waals surface area contributed by atoms with E-state index in [1.165, 1.54) is 22.5 Å². The van der Waals surface area contributed by atoms with E-state index in [0.29, 0.717) is 22.9 Å². The van der Waals surface area contributed by atoms with Gasteiger partial charge in [-0.15, -0.1) is 0 Å². The van der Waals surface area contributed by atoms with Gasteiger partial charge in [0.15, 0.2) is 0 Å². The Balaban J connectivity index is 3.11. The van der Waals surface area contributed by atoms with Crippen molar-refractivity contribution in [2.45, 2.75) is 24.7 Å². The number of benzene rings is 1. The van der Waals surface area contributed by atoms with Gasteiger partial charge in [0.25, 0.3) is 0 Å². The Hall–Kier alpha value is 0.0200. The van der Waals surface area contributed by atoms with Crippen molar-refractivity contribution in [1.29, 1.82) is 0 Å². The van der Waals surface area contributed by atoms with Gasteiger partial charge in [0.2, 0.25) is 10.0 Å². The molecule has 0 amide bonds. The van der Waals surface area contributed by atoms with E-state index in [1.807, 2.05) is 6.92 Å². The molecule has 0 aliphatic heterocycles. The first kappa shape index (κ1) is 17.1. The highest BCUT2D eigenvalue weighted by Gasteiger charge is 2.26. The van der Waals surface area contributed by atoms with Crippen LogP contribution in [0.25, 0.3) is 0 Å². The Kier molecular flexibility index (Phi) is 6.93. The molecule has 108 valence electrons. The van der Waals surface area contributed by atoms with Crippen LogP contribution in [0.15, 0.2) is 27.6 Å². The molecule has 0 radical (unpaired) electrons. The van der Waals surface area contributed by atoms with Crippen LogP contribution < -0.4 is 0 Å². The molecule has 0 saturated carbocycles. The number of rotatable bonds is 7. The van der Waals surface area contributed by atoms with Crippen molar-refractivity contribution < 1.29 is 12.8 Å². The zero-order valence-corrected chi connectivity index (χ0v) is 14.6. The van der Waals surface area contributed by atoms with Gasteiger partial charge in [-0.25, -0.2) is 12.8 Å². The van der Waals surface area contributed by atoms with Crippen molar-refractivity contribution in [3.8, 4) is 0 Å². The van der Waals surface area contributed by atoms with Crippen molar-refractivity contribution in [3.05, 3.63) is 28.5 Å². The summed E-state index contributed by atoms with van der Waals surface area (Å²) in [6.07, 6.45) is 1.64. The number of hydrogen-bond donors (Lipinski definition) is 0.